The fourth-order valence-corrected chi connectivity index (χ4v) is 9.55. The number of hydrogen-bond donors (Lipinski definition) is 1. The first kappa shape index (κ1) is 40.7. The van der Waals surface area contributed by atoms with Crippen LogP contribution in [0.1, 0.15) is 130 Å². The molecule has 0 atom stereocenters. The van der Waals surface area contributed by atoms with Gasteiger partial charge in [0.2, 0.25) is 0 Å². The second-order valence-electron chi connectivity index (χ2n) is 17.5. The molecule has 2 aliphatic heterocycles. The number of rotatable bonds is 8. The summed E-state index contributed by atoms with van der Waals surface area (Å²) in [7, 11) is -8.63. The number of phosphoric ester groups is 1. The van der Waals surface area contributed by atoms with Crippen molar-refractivity contribution >= 4 is 25.0 Å². The Morgan fingerprint density at radius 1 is 0.633 bits per heavy atom. The highest BCUT2D eigenvalue weighted by Gasteiger charge is 2.48. The average Bonchev–Trinajstić information content (AvgIpc) is 2.97. The molecular weight excluding hydrogens is 681 g/mol. The first-order valence-electron chi connectivity index (χ1n) is 17.3. The van der Waals surface area contributed by atoms with Crippen LogP contribution in [-0.2, 0) is 61.5 Å². The Balaban J connectivity index is 1.90. The molecule has 0 amide bonds. The zero-order chi connectivity index (χ0) is 36.8. The van der Waals surface area contributed by atoms with E-state index >= 15 is 4.57 Å². The van der Waals surface area contributed by atoms with Crippen LogP contribution in [-0.4, -0.2) is 31.3 Å². The molecule has 0 aliphatic carbocycles. The molecule has 0 saturated carbocycles. The van der Waals surface area contributed by atoms with Gasteiger partial charge in [0.1, 0.15) is 11.5 Å². The van der Waals surface area contributed by atoms with Crippen molar-refractivity contribution in [3.05, 3.63) is 57.6 Å². The maximum Gasteiger partial charge on any atom is 0.594 e. The fourth-order valence-electron chi connectivity index (χ4n) is 5.70. The molecule has 1 N–H and O–H groups in total. The van der Waals surface area contributed by atoms with Crippen molar-refractivity contribution in [2.45, 2.75) is 131 Å². The van der Waals surface area contributed by atoms with Crippen LogP contribution in [0.2, 0.25) is 0 Å². The molecule has 2 fully saturated rings. The van der Waals surface area contributed by atoms with E-state index in [-0.39, 0.29) is 48.1 Å². The molecule has 9 nitrogen and oxygen atoms in total. The average molecular weight is 741 g/mol. The van der Waals surface area contributed by atoms with Gasteiger partial charge in [-0.25, -0.2) is 4.57 Å². The van der Waals surface area contributed by atoms with Crippen LogP contribution >= 0.6 is 25.0 Å². The molecule has 2 aromatic rings. The van der Waals surface area contributed by atoms with E-state index in [4.69, 9.17) is 31.5 Å². The number of aryl methyl sites for hydroxylation is 2. The molecule has 2 saturated heterocycles. The lowest BCUT2D eigenvalue weighted by atomic mass is 9.78. The van der Waals surface area contributed by atoms with Gasteiger partial charge in [-0.1, -0.05) is 121 Å². The highest BCUT2D eigenvalue weighted by Crippen LogP contribution is 2.65. The van der Waals surface area contributed by atoms with Crippen molar-refractivity contribution in [3.63, 3.8) is 0 Å². The summed E-state index contributed by atoms with van der Waals surface area (Å²) < 4.78 is 58.4. The Kier molecular flexibility index (Phi) is 12.2. The minimum absolute atomic E-state index is 0.166. The van der Waals surface area contributed by atoms with Crippen LogP contribution in [0, 0.1) is 5.41 Å². The molecule has 0 aromatic heterocycles. The van der Waals surface area contributed by atoms with Crippen LogP contribution in [0.4, 0.5) is 0 Å². The van der Waals surface area contributed by atoms with E-state index in [0.29, 0.717) is 11.5 Å². The molecule has 0 unspecified atom stereocenters. The number of phosphoric acid groups is 1. The topological polar surface area (TPSA) is 102 Å². The van der Waals surface area contributed by atoms with Crippen molar-refractivity contribution < 1.29 is 40.9 Å². The van der Waals surface area contributed by atoms with Gasteiger partial charge in [0, 0.05) is 22.3 Å². The summed E-state index contributed by atoms with van der Waals surface area (Å²) in [4.78, 5) is 9.74. The maximum absolute atomic E-state index is 15.6. The fraction of sp³-hybridized carbons (Fsp3) is 0.676. The van der Waals surface area contributed by atoms with E-state index in [1.807, 2.05) is 0 Å². The third-order valence-corrected chi connectivity index (χ3v) is 12.4. The molecule has 12 heteroatoms. The lowest BCUT2D eigenvalue weighted by molar-refractivity contribution is -0.0689. The van der Waals surface area contributed by atoms with Gasteiger partial charge in [-0.05, 0) is 45.6 Å². The molecule has 276 valence electrons. The van der Waals surface area contributed by atoms with Crippen molar-refractivity contribution in [2.24, 2.45) is 5.41 Å². The van der Waals surface area contributed by atoms with Crippen molar-refractivity contribution in [1.29, 1.82) is 0 Å². The summed E-state index contributed by atoms with van der Waals surface area (Å²) in [6.45, 7) is 30.5. The maximum atomic E-state index is 15.6. The zero-order valence-electron chi connectivity index (χ0n) is 32.1. The standard InChI is InChI=1S/C37H59O9P3/c1-15-25-17-27(33(3,4)5)31(28(18-25)34(6,7)8)44-49(39,46-48-42-23-37(24-43-48)21-40-47(38)41-22-37)45-32-29(35(9,10)11)19-26(16-2)20-30(32)36(12,13)14/h17-20,38H,15-16,21-24H2,1-14H3. The van der Waals surface area contributed by atoms with E-state index in [2.05, 4.69) is 121 Å². The van der Waals surface area contributed by atoms with Gasteiger partial charge >= 0.3 is 25.0 Å². The van der Waals surface area contributed by atoms with Gasteiger partial charge in [0.05, 0.1) is 31.8 Å². The molecule has 2 heterocycles. The van der Waals surface area contributed by atoms with Crippen molar-refractivity contribution in [1.82, 2.24) is 0 Å². The normalized spacial score (nSPS) is 22.8. The van der Waals surface area contributed by atoms with Gasteiger partial charge in [-0.2, -0.15) is 4.31 Å². The predicted octanol–water partition coefficient (Wildman–Crippen LogP) is 11.1. The zero-order valence-corrected chi connectivity index (χ0v) is 34.8. The Hall–Kier alpha value is -1.11. The first-order valence-corrected chi connectivity index (χ1v) is 20.9. The minimum Gasteiger partial charge on any atom is -0.394 e. The Morgan fingerprint density at radius 3 is 1.22 bits per heavy atom. The van der Waals surface area contributed by atoms with E-state index in [1.165, 1.54) is 0 Å². The van der Waals surface area contributed by atoms with Crippen LogP contribution in [0.5, 0.6) is 11.5 Å². The second kappa shape index (κ2) is 14.7. The summed E-state index contributed by atoms with van der Waals surface area (Å²) in [6, 6.07) is 8.53. The van der Waals surface area contributed by atoms with E-state index in [0.717, 1.165) is 46.2 Å². The Morgan fingerprint density at radius 2 is 0.939 bits per heavy atom. The Bertz CT molecular complexity index is 1350. The number of benzene rings is 2. The van der Waals surface area contributed by atoms with Crippen LogP contribution in [0.25, 0.3) is 0 Å². The highest BCUT2D eigenvalue weighted by atomic mass is 31.3. The summed E-state index contributed by atoms with van der Waals surface area (Å²) in [6.07, 6.45) is 1.68. The lowest BCUT2D eigenvalue weighted by Gasteiger charge is -2.41. The Labute approximate surface area is 297 Å². The molecule has 4 rings (SSSR count). The highest BCUT2D eigenvalue weighted by molar-refractivity contribution is 7.59. The SMILES string of the molecule is CCc1cc(C(C)(C)C)c(OP(=O)(Oc2c(C(C)(C)C)cc(CC)cc2C(C)(C)C)OP2OCC3(COP(O)OC3)CO2)c(C(C)(C)C)c1. The van der Waals surface area contributed by atoms with E-state index in [1.54, 1.807) is 0 Å². The summed E-state index contributed by atoms with van der Waals surface area (Å²) in [5.41, 5.74) is 3.92. The minimum atomic E-state index is -4.55. The van der Waals surface area contributed by atoms with Gasteiger partial charge in [-0.3, -0.25) is 0 Å². The number of hydrogen-bond acceptors (Lipinski definition) is 9. The molecule has 2 aliphatic rings. The first-order chi connectivity index (χ1) is 22.4. The largest absolute Gasteiger partial charge is 0.594 e. The van der Waals surface area contributed by atoms with E-state index < -0.39 is 30.4 Å². The summed E-state index contributed by atoms with van der Waals surface area (Å²) >= 11 is 0. The van der Waals surface area contributed by atoms with Crippen LogP contribution in [0.15, 0.2) is 24.3 Å². The quantitative estimate of drug-likeness (QED) is 0.265. The molecular formula is C37H59O9P3. The van der Waals surface area contributed by atoms with Gasteiger partial charge in [0.25, 0.3) is 0 Å². The summed E-state index contributed by atoms with van der Waals surface area (Å²) in [5, 5.41) is 0. The van der Waals surface area contributed by atoms with E-state index in [9.17, 15) is 4.89 Å². The molecule has 2 aromatic carbocycles. The van der Waals surface area contributed by atoms with Crippen LogP contribution < -0.4 is 9.05 Å². The monoisotopic (exact) mass is 740 g/mol. The molecule has 1 spiro atoms. The predicted molar refractivity (Wildman–Crippen MR) is 199 cm³/mol. The second-order valence-corrected chi connectivity index (χ2v) is 21.4. The van der Waals surface area contributed by atoms with Crippen molar-refractivity contribution in [2.75, 3.05) is 26.4 Å². The molecule has 0 radical (unpaired) electrons. The van der Waals surface area contributed by atoms with Crippen LogP contribution in [0.3, 0.4) is 0 Å². The third-order valence-electron chi connectivity index (χ3n) is 8.83. The summed E-state index contributed by atoms with van der Waals surface area (Å²) in [5.74, 6) is 0.961. The van der Waals surface area contributed by atoms with Gasteiger partial charge < -0.3 is 32.0 Å². The molecule has 0 bridgehead atoms. The van der Waals surface area contributed by atoms with Gasteiger partial charge in [0.15, 0.2) is 0 Å². The van der Waals surface area contributed by atoms with Crippen molar-refractivity contribution in [3.8, 4) is 11.5 Å². The van der Waals surface area contributed by atoms with Gasteiger partial charge in [-0.15, -0.1) is 0 Å². The third kappa shape index (κ3) is 9.86. The smallest absolute Gasteiger partial charge is 0.394 e. The lowest BCUT2D eigenvalue weighted by Crippen LogP contribution is -2.44. The molecule has 49 heavy (non-hydrogen) atoms.